The van der Waals surface area contributed by atoms with E-state index in [2.05, 4.69) is 32.0 Å². The summed E-state index contributed by atoms with van der Waals surface area (Å²) in [5.74, 6) is 1.18. The highest BCUT2D eigenvalue weighted by molar-refractivity contribution is 7.09. The van der Waals surface area contributed by atoms with Crippen LogP contribution in [-0.2, 0) is 12.8 Å². The molecule has 0 saturated heterocycles. The zero-order valence-corrected chi connectivity index (χ0v) is 10.8. The first-order valence-electron chi connectivity index (χ1n) is 5.69. The minimum Gasteiger partial charge on any atom is -0.420 e. The van der Waals surface area contributed by atoms with Crippen LogP contribution in [0.4, 0.5) is 0 Å². The molecule has 0 aliphatic carbocycles. The molecule has 0 atom stereocenters. The lowest BCUT2D eigenvalue weighted by Gasteiger charge is -1.95. The topological polar surface area (TPSA) is 76.7 Å². The van der Waals surface area contributed by atoms with E-state index in [0.717, 1.165) is 36.5 Å². The van der Waals surface area contributed by atoms with Crippen LogP contribution in [0.3, 0.4) is 0 Å². The molecule has 0 aliphatic rings. The Balaban J connectivity index is 2.07. The molecular weight excluding hydrogens is 238 g/mol. The fourth-order valence-corrected chi connectivity index (χ4v) is 2.09. The van der Waals surface area contributed by atoms with Gasteiger partial charge in [0.05, 0.1) is 5.69 Å². The first-order valence-corrected chi connectivity index (χ1v) is 6.47. The molecule has 0 radical (unpaired) electrons. The third-order valence-corrected chi connectivity index (χ3v) is 3.07. The van der Waals surface area contributed by atoms with E-state index < -0.39 is 0 Å². The summed E-state index contributed by atoms with van der Waals surface area (Å²) in [5, 5.41) is 15.3. The highest BCUT2D eigenvalue weighted by Crippen LogP contribution is 2.24. The Morgan fingerprint density at radius 1 is 1.24 bits per heavy atom. The van der Waals surface area contributed by atoms with Crippen LogP contribution in [0.2, 0.25) is 0 Å². The summed E-state index contributed by atoms with van der Waals surface area (Å²) >= 11 is 1.30. The van der Waals surface area contributed by atoms with Gasteiger partial charge >= 0.3 is 0 Å². The van der Waals surface area contributed by atoms with E-state index >= 15 is 0 Å². The van der Waals surface area contributed by atoms with Gasteiger partial charge in [0.1, 0.15) is 4.88 Å². The van der Waals surface area contributed by atoms with Gasteiger partial charge < -0.3 is 9.73 Å². The van der Waals surface area contributed by atoms with Gasteiger partial charge in [0.15, 0.2) is 0 Å². The Bertz CT molecular complexity index is 467. The van der Waals surface area contributed by atoms with Crippen molar-refractivity contribution < 1.29 is 4.42 Å². The molecule has 17 heavy (non-hydrogen) atoms. The lowest BCUT2D eigenvalue weighted by Crippen LogP contribution is -2.16. The average molecular weight is 253 g/mol. The molecule has 2 heterocycles. The second-order valence-electron chi connectivity index (χ2n) is 3.51. The molecule has 7 heteroatoms. The molecule has 92 valence electrons. The second-order valence-corrected chi connectivity index (χ2v) is 4.26. The van der Waals surface area contributed by atoms with Crippen molar-refractivity contribution in [3.63, 3.8) is 0 Å². The lowest BCUT2D eigenvalue weighted by molar-refractivity contribution is 0.497. The number of aryl methyl sites for hydroxylation is 1. The SMILES string of the molecule is CCNCCc1nnc(-c2snnc2CC)o1. The van der Waals surface area contributed by atoms with E-state index in [0.29, 0.717) is 11.8 Å². The van der Waals surface area contributed by atoms with E-state index in [1.807, 2.05) is 6.92 Å². The van der Waals surface area contributed by atoms with Gasteiger partial charge in [-0.25, -0.2) is 0 Å². The number of nitrogens with one attached hydrogen (secondary N) is 1. The molecule has 2 rings (SSSR count). The van der Waals surface area contributed by atoms with Crippen molar-refractivity contribution in [2.24, 2.45) is 0 Å². The van der Waals surface area contributed by atoms with Gasteiger partial charge in [-0.2, -0.15) is 0 Å². The van der Waals surface area contributed by atoms with Gasteiger partial charge in [-0.15, -0.1) is 15.3 Å². The molecule has 2 aromatic rings. The molecule has 0 aromatic carbocycles. The molecule has 0 bridgehead atoms. The van der Waals surface area contributed by atoms with Crippen LogP contribution in [0.25, 0.3) is 10.8 Å². The van der Waals surface area contributed by atoms with Crippen molar-refractivity contribution in [1.82, 2.24) is 25.1 Å². The van der Waals surface area contributed by atoms with Crippen LogP contribution in [0.5, 0.6) is 0 Å². The molecular formula is C10H15N5OS. The van der Waals surface area contributed by atoms with Crippen LogP contribution in [-0.4, -0.2) is 32.9 Å². The zero-order valence-electron chi connectivity index (χ0n) is 9.93. The van der Waals surface area contributed by atoms with Crippen molar-refractivity contribution in [2.75, 3.05) is 13.1 Å². The van der Waals surface area contributed by atoms with E-state index in [9.17, 15) is 0 Å². The Hall–Kier alpha value is -1.34. The lowest BCUT2D eigenvalue weighted by atomic mass is 10.3. The highest BCUT2D eigenvalue weighted by atomic mass is 32.1. The molecule has 0 fully saturated rings. The average Bonchev–Trinajstić information content (AvgIpc) is 2.96. The van der Waals surface area contributed by atoms with Crippen LogP contribution < -0.4 is 5.32 Å². The van der Waals surface area contributed by atoms with E-state index in [-0.39, 0.29) is 0 Å². The van der Waals surface area contributed by atoms with Crippen molar-refractivity contribution in [1.29, 1.82) is 0 Å². The molecule has 0 spiro atoms. The second kappa shape index (κ2) is 5.83. The van der Waals surface area contributed by atoms with Gasteiger partial charge in [0, 0.05) is 13.0 Å². The summed E-state index contributed by atoms with van der Waals surface area (Å²) in [7, 11) is 0. The summed E-state index contributed by atoms with van der Waals surface area (Å²) in [4.78, 5) is 0.884. The maximum atomic E-state index is 5.59. The molecule has 0 amide bonds. The van der Waals surface area contributed by atoms with Gasteiger partial charge in [0.2, 0.25) is 5.89 Å². The number of rotatable bonds is 6. The van der Waals surface area contributed by atoms with Gasteiger partial charge in [-0.3, -0.25) is 0 Å². The minimum absolute atomic E-state index is 0.531. The number of hydrogen-bond acceptors (Lipinski definition) is 7. The molecule has 0 unspecified atom stereocenters. The van der Waals surface area contributed by atoms with Crippen molar-refractivity contribution in [3.8, 4) is 10.8 Å². The van der Waals surface area contributed by atoms with Crippen molar-refractivity contribution in [2.45, 2.75) is 26.7 Å². The van der Waals surface area contributed by atoms with Gasteiger partial charge in [0.25, 0.3) is 5.89 Å². The fourth-order valence-electron chi connectivity index (χ4n) is 1.42. The maximum Gasteiger partial charge on any atom is 0.261 e. The Kier molecular flexibility index (Phi) is 4.16. The normalized spacial score (nSPS) is 10.9. The molecule has 1 N–H and O–H groups in total. The Morgan fingerprint density at radius 2 is 2.12 bits per heavy atom. The molecule has 0 saturated carbocycles. The maximum absolute atomic E-state index is 5.59. The number of likely N-dealkylation sites (N-methyl/N-ethyl adjacent to an activating group) is 1. The third kappa shape index (κ3) is 2.86. The minimum atomic E-state index is 0.531. The molecule has 6 nitrogen and oxygen atoms in total. The monoisotopic (exact) mass is 253 g/mol. The predicted octanol–water partition coefficient (Wildman–Crippen LogP) is 1.30. The standard InChI is InChI=1S/C10H15N5OS/c1-3-7-9(17-15-12-7)10-14-13-8(16-10)5-6-11-4-2/h11H,3-6H2,1-2H3. The quantitative estimate of drug-likeness (QED) is 0.782. The van der Waals surface area contributed by atoms with Crippen molar-refractivity contribution in [3.05, 3.63) is 11.6 Å². The summed E-state index contributed by atoms with van der Waals surface area (Å²) < 4.78 is 9.49. The van der Waals surface area contributed by atoms with Crippen LogP contribution in [0, 0.1) is 0 Å². The zero-order chi connectivity index (χ0) is 12.1. The predicted molar refractivity (Wildman–Crippen MR) is 64.8 cm³/mol. The summed E-state index contributed by atoms with van der Waals surface area (Å²) in [6.07, 6.45) is 1.56. The fraction of sp³-hybridized carbons (Fsp3) is 0.600. The third-order valence-electron chi connectivity index (χ3n) is 2.32. The van der Waals surface area contributed by atoms with Crippen LogP contribution >= 0.6 is 11.5 Å². The van der Waals surface area contributed by atoms with E-state index in [4.69, 9.17) is 4.42 Å². The summed E-state index contributed by atoms with van der Waals surface area (Å²) in [5.41, 5.74) is 0.914. The smallest absolute Gasteiger partial charge is 0.261 e. The van der Waals surface area contributed by atoms with Crippen LogP contribution in [0.1, 0.15) is 25.4 Å². The van der Waals surface area contributed by atoms with Crippen LogP contribution in [0.15, 0.2) is 4.42 Å². The van der Waals surface area contributed by atoms with Gasteiger partial charge in [-0.05, 0) is 24.5 Å². The first-order chi connectivity index (χ1) is 8.35. The largest absolute Gasteiger partial charge is 0.420 e. The molecule has 0 aliphatic heterocycles. The van der Waals surface area contributed by atoms with E-state index in [1.165, 1.54) is 11.5 Å². The Morgan fingerprint density at radius 3 is 2.88 bits per heavy atom. The van der Waals surface area contributed by atoms with Gasteiger partial charge in [-0.1, -0.05) is 18.3 Å². The summed E-state index contributed by atoms with van der Waals surface area (Å²) in [6, 6.07) is 0. The summed E-state index contributed by atoms with van der Waals surface area (Å²) in [6.45, 7) is 5.89. The number of nitrogens with zero attached hydrogens (tertiary/aromatic N) is 4. The van der Waals surface area contributed by atoms with Crippen molar-refractivity contribution >= 4 is 11.5 Å². The first kappa shape index (κ1) is 12.1. The number of aromatic nitrogens is 4. The number of hydrogen-bond donors (Lipinski definition) is 1. The highest BCUT2D eigenvalue weighted by Gasteiger charge is 2.15. The Labute approximate surface area is 104 Å². The molecule has 2 aromatic heterocycles. The van der Waals surface area contributed by atoms with E-state index in [1.54, 1.807) is 0 Å².